The highest BCUT2D eigenvalue weighted by Gasteiger charge is 2.35. The molecular formula is C45H33NO. The zero-order chi connectivity index (χ0) is 38.5. The van der Waals surface area contributed by atoms with Crippen molar-refractivity contribution in [1.82, 2.24) is 0 Å². The second-order valence-corrected chi connectivity index (χ2v) is 12.4. The molecular weight excluding hydrogens is 571 g/mol. The Kier molecular flexibility index (Phi) is 4.58. The Labute approximate surface area is 286 Å². The summed E-state index contributed by atoms with van der Waals surface area (Å²) in [4.78, 5) is 1.38. The molecule has 0 atom stereocenters. The van der Waals surface area contributed by atoms with E-state index in [1.165, 1.54) is 4.90 Å². The van der Waals surface area contributed by atoms with Crippen molar-refractivity contribution in [3.63, 3.8) is 0 Å². The van der Waals surface area contributed by atoms with Crippen molar-refractivity contribution in [2.24, 2.45) is 0 Å². The molecule has 0 amide bonds. The Morgan fingerprint density at radius 1 is 0.468 bits per heavy atom. The predicted molar refractivity (Wildman–Crippen MR) is 197 cm³/mol. The molecule has 224 valence electrons. The molecule has 0 bridgehead atoms. The van der Waals surface area contributed by atoms with Gasteiger partial charge in [0.2, 0.25) is 0 Å². The third-order valence-electron chi connectivity index (χ3n) is 9.23. The van der Waals surface area contributed by atoms with Gasteiger partial charge in [0.1, 0.15) is 11.2 Å². The third-order valence-corrected chi connectivity index (χ3v) is 9.23. The quantitative estimate of drug-likeness (QED) is 0.192. The number of anilines is 3. The van der Waals surface area contributed by atoms with Crippen molar-refractivity contribution < 1.29 is 15.4 Å². The van der Waals surface area contributed by atoms with Crippen molar-refractivity contribution in [3.8, 4) is 33.4 Å². The van der Waals surface area contributed by atoms with E-state index in [4.69, 9.17) is 7.16 Å². The minimum absolute atomic E-state index is 0.0746. The summed E-state index contributed by atoms with van der Waals surface area (Å²) in [7, 11) is 0. The molecule has 0 spiro atoms. The van der Waals surface area contributed by atoms with E-state index < -0.39 is 17.5 Å². The molecule has 1 aromatic heterocycles. The molecule has 2 heteroatoms. The normalized spacial score (nSPS) is 15.4. The smallest absolute Gasteiger partial charge is 0.136 e. The van der Waals surface area contributed by atoms with Gasteiger partial charge in [0.15, 0.2) is 0 Å². The van der Waals surface area contributed by atoms with Crippen LogP contribution in [0.2, 0.25) is 0 Å². The molecule has 8 aromatic rings. The van der Waals surface area contributed by atoms with Crippen LogP contribution in [0.5, 0.6) is 0 Å². The molecule has 1 aliphatic rings. The minimum atomic E-state index is -0.451. The largest absolute Gasteiger partial charge is 0.456 e. The summed E-state index contributed by atoms with van der Waals surface area (Å²) in [5, 5.41) is 1.79. The van der Waals surface area contributed by atoms with Crippen LogP contribution >= 0.6 is 0 Å². The Morgan fingerprint density at radius 2 is 1.09 bits per heavy atom. The summed E-state index contributed by atoms with van der Waals surface area (Å²) >= 11 is 0. The fraction of sp³-hybridized carbons (Fsp3) is 0.0667. The van der Waals surface area contributed by atoms with Gasteiger partial charge in [0.25, 0.3) is 0 Å². The zero-order valence-electron chi connectivity index (χ0n) is 33.8. The number of hydrogen-bond donors (Lipinski definition) is 0. The van der Waals surface area contributed by atoms with Gasteiger partial charge in [0, 0.05) is 33.2 Å². The van der Waals surface area contributed by atoms with Gasteiger partial charge in [-0.3, -0.25) is 0 Å². The van der Waals surface area contributed by atoms with Crippen LogP contribution < -0.4 is 4.90 Å². The molecule has 0 saturated heterocycles. The first-order valence-corrected chi connectivity index (χ1v) is 15.6. The van der Waals surface area contributed by atoms with Crippen LogP contribution in [-0.4, -0.2) is 0 Å². The maximum atomic E-state index is 9.49. The van der Waals surface area contributed by atoms with Gasteiger partial charge in [-0.25, -0.2) is 0 Å². The van der Waals surface area contributed by atoms with E-state index in [2.05, 4.69) is 26.0 Å². The van der Waals surface area contributed by atoms with Crippen molar-refractivity contribution in [1.29, 1.82) is 0 Å². The van der Waals surface area contributed by atoms with Crippen LogP contribution in [0.15, 0.2) is 168 Å². The lowest BCUT2D eigenvalue weighted by atomic mass is 9.82. The molecule has 0 saturated carbocycles. The molecule has 1 aliphatic carbocycles. The fourth-order valence-corrected chi connectivity index (χ4v) is 6.81. The molecule has 0 N–H and O–H groups in total. The van der Waals surface area contributed by atoms with Crippen molar-refractivity contribution in [3.05, 3.63) is 175 Å². The van der Waals surface area contributed by atoms with Crippen molar-refractivity contribution >= 4 is 39.0 Å². The molecule has 0 unspecified atom stereocenters. The lowest BCUT2D eigenvalue weighted by Gasteiger charge is -2.28. The van der Waals surface area contributed by atoms with E-state index in [9.17, 15) is 8.22 Å². The topological polar surface area (TPSA) is 16.4 Å². The van der Waals surface area contributed by atoms with Gasteiger partial charge >= 0.3 is 0 Å². The number of benzene rings is 7. The molecule has 0 fully saturated rings. The van der Waals surface area contributed by atoms with E-state index in [-0.39, 0.29) is 58.8 Å². The van der Waals surface area contributed by atoms with E-state index in [0.717, 1.165) is 33.0 Å². The highest BCUT2D eigenvalue weighted by atomic mass is 16.3. The first-order valence-electron chi connectivity index (χ1n) is 19.6. The van der Waals surface area contributed by atoms with Crippen LogP contribution in [-0.2, 0) is 5.41 Å². The van der Waals surface area contributed by atoms with E-state index in [0.29, 0.717) is 28.0 Å². The molecule has 7 aromatic carbocycles. The molecule has 2 nitrogen and oxygen atoms in total. The van der Waals surface area contributed by atoms with Gasteiger partial charge in [-0.05, 0) is 99.0 Å². The van der Waals surface area contributed by atoms with Crippen molar-refractivity contribution in [2.75, 3.05) is 4.90 Å². The Balaban J connectivity index is 1.30. The summed E-state index contributed by atoms with van der Waals surface area (Å²) in [6.45, 7) is 4.22. The average molecular weight is 612 g/mol. The highest BCUT2D eigenvalue weighted by molar-refractivity contribution is 6.05. The van der Waals surface area contributed by atoms with Crippen molar-refractivity contribution in [2.45, 2.75) is 19.3 Å². The lowest BCUT2D eigenvalue weighted by Crippen LogP contribution is -2.16. The number of furan rings is 1. The van der Waals surface area contributed by atoms with Gasteiger partial charge in [-0.15, -0.1) is 0 Å². The van der Waals surface area contributed by atoms with E-state index in [1.54, 1.807) is 42.5 Å². The second-order valence-electron chi connectivity index (χ2n) is 12.4. The third kappa shape index (κ3) is 4.48. The van der Waals surface area contributed by atoms with Crippen LogP contribution in [0.3, 0.4) is 0 Å². The number of rotatable bonds is 5. The summed E-state index contributed by atoms with van der Waals surface area (Å²) in [5.74, 6) is 0. The number of hydrogen-bond acceptors (Lipinski definition) is 2. The molecule has 9 rings (SSSR count). The van der Waals surface area contributed by atoms with Gasteiger partial charge in [-0.1, -0.05) is 123 Å². The van der Waals surface area contributed by atoms with Gasteiger partial charge in [0.05, 0.1) is 11.0 Å². The van der Waals surface area contributed by atoms with Crippen LogP contribution in [0.1, 0.15) is 35.9 Å². The summed E-state index contributed by atoms with van der Waals surface area (Å²) < 4.78 is 80.8. The summed E-state index contributed by atoms with van der Waals surface area (Å²) in [6.07, 6.45) is 0. The molecule has 0 radical (unpaired) electrons. The number of nitrogens with zero attached hydrogens (tertiary/aromatic N) is 1. The van der Waals surface area contributed by atoms with Crippen LogP contribution in [0, 0.1) is 0 Å². The summed E-state index contributed by atoms with van der Waals surface area (Å²) in [6, 6.07) is 32.8. The SMILES string of the molecule is [2H]c1c([2H])c(N(c2ccc3c(c2)C(C)(C)c2ccccc2-3)c2c([2H])c([2H])c(-c3ccc4c(c3)oc3ccccc34)c([2H])c2[2H])c([2H])c([2H])c1-c1ccccc1. The van der Waals surface area contributed by atoms with E-state index >= 15 is 0 Å². The Hall–Kier alpha value is -5.86. The second kappa shape index (κ2) is 10.6. The lowest BCUT2D eigenvalue weighted by molar-refractivity contribution is 0.660. The maximum absolute atomic E-state index is 9.49. The first kappa shape index (κ1) is 20.3. The molecule has 0 aliphatic heterocycles. The number of para-hydroxylation sites is 1. The van der Waals surface area contributed by atoms with Gasteiger partial charge < -0.3 is 9.32 Å². The van der Waals surface area contributed by atoms with Gasteiger partial charge in [-0.2, -0.15) is 0 Å². The maximum Gasteiger partial charge on any atom is 0.136 e. The van der Waals surface area contributed by atoms with E-state index in [1.807, 2.05) is 60.7 Å². The predicted octanol–water partition coefficient (Wildman–Crippen LogP) is 12.7. The zero-order valence-corrected chi connectivity index (χ0v) is 25.8. The first-order chi connectivity index (χ1) is 26.4. The molecule has 1 heterocycles. The van der Waals surface area contributed by atoms with Crippen LogP contribution in [0.25, 0.3) is 55.3 Å². The monoisotopic (exact) mass is 611 g/mol. The summed E-state index contributed by atoms with van der Waals surface area (Å²) in [5.41, 5.74) is 6.10. The van der Waals surface area contributed by atoms with Crippen LogP contribution in [0.4, 0.5) is 17.1 Å². The Bertz CT molecular complexity index is 2840. The molecule has 47 heavy (non-hydrogen) atoms. The number of fused-ring (bicyclic) bond motifs is 6. The minimum Gasteiger partial charge on any atom is -0.456 e. The Morgan fingerprint density at radius 3 is 1.85 bits per heavy atom. The average Bonchev–Trinajstić information content (AvgIpc) is 3.67. The highest BCUT2D eigenvalue weighted by Crippen LogP contribution is 2.50. The standard InChI is InChI=1S/C45H33NO/c1-45(2)41-14-8-6-12-37(41)38-27-25-36(29-42(38)45)46(34-21-16-31(17-22-34)30-10-4-3-5-11-30)35-23-18-32(19-24-35)33-20-26-40-39-13-7-9-15-43(39)47-44(40)28-33/h3-29H,1-2H3/i16D,17D,18D,19D,21D,22D,23D,24D. The fourth-order valence-electron chi connectivity index (χ4n) is 6.81.